The molecule has 0 bridgehead atoms. The standard InChI is InChI=1S/C12H14ClN3/c1-2-6-16-9-14-15-12(16)8-10-4-3-5-11(13)7-10/h3-5,7,9H,2,6,8H2,1H3. The Bertz CT molecular complexity index is 465. The Labute approximate surface area is 100 Å². The molecule has 0 amide bonds. The summed E-state index contributed by atoms with van der Waals surface area (Å²) in [6.45, 7) is 3.10. The molecule has 16 heavy (non-hydrogen) atoms. The molecule has 1 aromatic heterocycles. The van der Waals surface area contributed by atoms with Crippen LogP contribution >= 0.6 is 11.6 Å². The lowest BCUT2D eigenvalue weighted by molar-refractivity contribution is 0.646. The third kappa shape index (κ3) is 2.61. The van der Waals surface area contributed by atoms with E-state index in [1.54, 1.807) is 6.33 Å². The molecule has 1 heterocycles. The van der Waals surface area contributed by atoms with Crippen LogP contribution in [0.15, 0.2) is 30.6 Å². The molecule has 0 aliphatic rings. The van der Waals surface area contributed by atoms with E-state index in [0.29, 0.717) is 0 Å². The highest BCUT2D eigenvalue weighted by molar-refractivity contribution is 6.30. The molecular weight excluding hydrogens is 222 g/mol. The van der Waals surface area contributed by atoms with Crippen molar-refractivity contribution in [3.63, 3.8) is 0 Å². The SMILES string of the molecule is CCCn1cnnc1Cc1cccc(Cl)c1. The number of benzene rings is 1. The summed E-state index contributed by atoms with van der Waals surface area (Å²) in [5.41, 5.74) is 1.16. The Morgan fingerprint density at radius 2 is 2.25 bits per heavy atom. The first kappa shape index (κ1) is 11.1. The number of aromatic nitrogens is 3. The van der Waals surface area contributed by atoms with Crippen molar-refractivity contribution < 1.29 is 0 Å². The quantitative estimate of drug-likeness (QED) is 0.816. The van der Waals surface area contributed by atoms with Gasteiger partial charge < -0.3 is 4.57 Å². The molecule has 3 nitrogen and oxygen atoms in total. The highest BCUT2D eigenvalue weighted by Crippen LogP contribution is 2.13. The maximum Gasteiger partial charge on any atom is 0.137 e. The van der Waals surface area contributed by atoms with Gasteiger partial charge in [-0.2, -0.15) is 0 Å². The minimum atomic E-state index is 0.763. The predicted octanol–water partition coefficient (Wildman–Crippen LogP) is 2.93. The van der Waals surface area contributed by atoms with Crippen LogP contribution in [0.25, 0.3) is 0 Å². The maximum atomic E-state index is 5.94. The zero-order valence-electron chi connectivity index (χ0n) is 9.23. The summed E-state index contributed by atoms with van der Waals surface area (Å²) in [6.07, 6.45) is 3.64. The maximum absolute atomic E-state index is 5.94. The van der Waals surface area contributed by atoms with E-state index in [1.165, 1.54) is 0 Å². The van der Waals surface area contributed by atoms with Crippen molar-refractivity contribution in [2.24, 2.45) is 0 Å². The first-order chi connectivity index (χ1) is 7.79. The van der Waals surface area contributed by atoms with E-state index < -0.39 is 0 Å². The minimum absolute atomic E-state index is 0.763. The van der Waals surface area contributed by atoms with Gasteiger partial charge in [-0.05, 0) is 24.1 Å². The van der Waals surface area contributed by atoms with Gasteiger partial charge in [0.25, 0.3) is 0 Å². The van der Waals surface area contributed by atoms with Gasteiger partial charge in [-0.25, -0.2) is 0 Å². The number of nitrogens with zero attached hydrogens (tertiary/aromatic N) is 3. The summed E-state index contributed by atoms with van der Waals surface area (Å²) in [5.74, 6) is 0.990. The van der Waals surface area contributed by atoms with Gasteiger partial charge in [0.05, 0.1) is 0 Å². The van der Waals surface area contributed by atoms with Crippen molar-refractivity contribution >= 4 is 11.6 Å². The highest BCUT2D eigenvalue weighted by Gasteiger charge is 2.04. The van der Waals surface area contributed by atoms with Gasteiger partial charge in [-0.1, -0.05) is 30.7 Å². The average molecular weight is 236 g/mol. The van der Waals surface area contributed by atoms with Gasteiger partial charge in [0, 0.05) is 18.0 Å². The smallest absolute Gasteiger partial charge is 0.137 e. The van der Waals surface area contributed by atoms with E-state index in [-0.39, 0.29) is 0 Å². The molecule has 0 aliphatic carbocycles. The summed E-state index contributed by atoms with van der Waals surface area (Å²) < 4.78 is 2.08. The average Bonchev–Trinajstić information content (AvgIpc) is 2.66. The molecule has 0 atom stereocenters. The molecule has 84 valence electrons. The zero-order valence-corrected chi connectivity index (χ0v) is 9.98. The summed E-state index contributed by atoms with van der Waals surface area (Å²) >= 11 is 5.94. The lowest BCUT2D eigenvalue weighted by Gasteiger charge is -2.04. The van der Waals surface area contributed by atoms with Crippen molar-refractivity contribution in [2.75, 3.05) is 0 Å². The second-order valence-corrected chi connectivity index (χ2v) is 4.18. The van der Waals surface area contributed by atoms with Crippen LogP contribution in [0.3, 0.4) is 0 Å². The molecule has 0 unspecified atom stereocenters. The largest absolute Gasteiger partial charge is 0.317 e. The van der Waals surface area contributed by atoms with Crippen LogP contribution in [0, 0.1) is 0 Å². The normalized spacial score (nSPS) is 10.6. The third-order valence-corrected chi connectivity index (χ3v) is 2.65. The Morgan fingerprint density at radius 1 is 1.38 bits per heavy atom. The fraction of sp³-hybridized carbons (Fsp3) is 0.333. The number of halogens is 1. The first-order valence-corrected chi connectivity index (χ1v) is 5.78. The fourth-order valence-electron chi connectivity index (χ4n) is 1.67. The van der Waals surface area contributed by atoms with E-state index >= 15 is 0 Å². The Morgan fingerprint density at radius 3 is 3.00 bits per heavy atom. The topological polar surface area (TPSA) is 30.7 Å². The lowest BCUT2D eigenvalue weighted by Crippen LogP contribution is -2.03. The molecule has 4 heteroatoms. The second-order valence-electron chi connectivity index (χ2n) is 3.75. The van der Waals surface area contributed by atoms with E-state index in [4.69, 9.17) is 11.6 Å². The lowest BCUT2D eigenvalue weighted by atomic mass is 10.1. The highest BCUT2D eigenvalue weighted by atomic mass is 35.5. The number of rotatable bonds is 4. The van der Waals surface area contributed by atoms with Gasteiger partial charge in [-0.3, -0.25) is 0 Å². The molecule has 0 spiro atoms. The minimum Gasteiger partial charge on any atom is -0.317 e. The Hall–Kier alpha value is -1.35. The number of hydrogen-bond acceptors (Lipinski definition) is 2. The van der Waals surface area contributed by atoms with Crippen LogP contribution < -0.4 is 0 Å². The Balaban J connectivity index is 2.17. The van der Waals surface area contributed by atoms with E-state index in [1.807, 2.05) is 18.2 Å². The van der Waals surface area contributed by atoms with Crippen molar-refractivity contribution in [3.8, 4) is 0 Å². The molecule has 0 radical (unpaired) electrons. The Kier molecular flexibility index (Phi) is 3.57. The summed E-state index contributed by atoms with van der Waals surface area (Å²) in [4.78, 5) is 0. The predicted molar refractivity (Wildman–Crippen MR) is 64.6 cm³/mol. The van der Waals surface area contributed by atoms with Crippen LogP contribution in [0.4, 0.5) is 0 Å². The van der Waals surface area contributed by atoms with E-state index in [9.17, 15) is 0 Å². The molecule has 0 saturated heterocycles. The van der Waals surface area contributed by atoms with Crippen molar-refractivity contribution in [2.45, 2.75) is 26.3 Å². The first-order valence-electron chi connectivity index (χ1n) is 5.40. The van der Waals surface area contributed by atoms with Crippen LogP contribution in [-0.4, -0.2) is 14.8 Å². The monoisotopic (exact) mass is 235 g/mol. The van der Waals surface area contributed by atoms with E-state index in [0.717, 1.165) is 35.8 Å². The van der Waals surface area contributed by atoms with Crippen molar-refractivity contribution in [1.29, 1.82) is 0 Å². The molecule has 0 aliphatic heterocycles. The van der Waals surface area contributed by atoms with Gasteiger partial charge in [0.1, 0.15) is 12.2 Å². The molecule has 2 rings (SSSR count). The second kappa shape index (κ2) is 5.12. The third-order valence-electron chi connectivity index (χ3n) is 2.41. The molecular formula is C12H14ClN3. The zero-order chi connectivity index (χ0) is 11.4. The van der Waals surface area contributed by atoms with Crippen LogP contribution in [-0.2, 0) is 13.0 Å². The van der Waals surface area contributed by atoms with E-state index in [2.05, 4.69) is 27.8 Å². The molecule has 0 saturated carbocycles. The number of aryl methyl sites for hydroxylation is 1. The van der Waals surface area contributed by atoms with Crippen molar-refractivity contribution in [3.05, 3.63) is 47.0 Å². The molecule has 0 fully saturated rings. The molecule has 2 aromatic rings. The van der Waals surface area contributed by atoms with Crippen LogP contribution in [0.1, 0.15) is 24.7 Å². The van der Waals surface area contributed by atoms with Crippen LogP contribution in [0.5, 0.6) is 0 Å². The van der Waals surface area contributed by atoms with Crippen LogP contribution in [0.2, 0.25) is 5.02 Å². The van der Waals surface area contributed by atoms with Gasteiger partial charge in [-0.15, -0.1) is 10.2 Å². The summed E-state index contributed by atoms with van der Waals surface area (Å²) in [5, 5.41) is 8.83. The van der Waals surface area contributed by atoms with Gasteiger partial charge >= 0.3 is 0 Å². The summed E-state index contributed by atoms with van der Waals surface area (Å²) in [7, 11) is 0. The van der Waals surface area contributed by atoms with Crippen molar-refractivity contribution in [1.82, 2.24) is 14.8 Å². The fourth-order valence-corrected chi connectivity index (χ4v) is 1.89. The number of hydrogen-bond donors (Lipinski definition) is 0. The summed E-state index contributed by atoms with van der Waals surface area (Å²) in [6, 6.07) is 7.85. The van der Waals surface area contributed by atoms with Gasteiger partial charge in [0.2, 0.25) is 0 Å². The molecule has 0 N–H and O–H groups in total. The molecule has 1 aromatic carbocycles. The van der Waals surface area contributed by atoms with Gasteiger partial charge in [0.15, 0.2) is 0 Å².